The van der Waals surface area contributed by atoms with Gasteiger partial charge in [0, 0.05) is 8.96 Å². The van der Waals surface area contributed by atoms with Crippen LogP contribution in [-0.2, 0) is 0 Å². The van der Waals surface area contributed by atoms with Crippen molar-refractivity contribution in [2.75, 3.05) is 0 Å². The first kappa shape index (κ1) is 9.71. The summed E-state index contributed by atoms with van der Waals surface area (Å²) >= 11 is 2.39. The van der Waals surface area contributed by atoms with Crippen molar-refractivity contribution in [3.63, 3.8) is 0 Å². The summed E-state index contributed by atoms with van der Waals surface area (Å²) < 4.78 is 1.31. The number of hydrogen-bond acceptors (Lipinski definition) is 0. The summed E-state index contributed by atoms with van der Waals surface area (Å²) in [5, 5.41) is 2.67. The third kappa shape index (κ3) is 1.69. The number of rotatable bonds is 1. The molecule has 0 amide bonds. The molecule has 2 aromatic carbocycles. The van der Waals surface area contributed by atoms with Crippen LogP contribution in [-0.4, -0.2) is 0 Å². The molecule has 0 aliphatic carbocycles. The lowest BCUT2D eigenvalue weighted by molar-refractivity contribution is 1.66. The van der Waals surface area contributed by atoms with Gasteiger partial charge in [0.25, 0.3) is 0 Å². The maximum atomic E-state index is 2.39. The van der Waals surface area contributed by atoms with Crippen LogP contribution in [0, 0.1) is 3.57 Å². The Labute approximate surface area is 97.8 Å². The topological polar surface area (TPSA) is 0 Å². The smallest absolute Gasteiger partial charge is 0.0214 e. The van der Waals surface area contributed by atoms with Crippen LogP contribution in [0.1, 0.15) is 12.5 Å². The molecule has 2 aromatic rings. The van der Waals surface area contributed by atoms with E-state index in [0.717, 1.165) is 0 Å². The highest BCUT2D eigenvalue weighted by Gasteiger charge is 2.00. The average molecular weight is 294 g/mol. The van der Waals surface area contributed by atoms with Gasteiger partial charge in [-0.3, -0.25) is 0 Å². The van der Waals surface area contributed by atoms with E-state index in [2.05, 4.69) is 78.1 Å². The van der Waals surface area contributed by atoms with E-state index < -0.39 is 0 Å². The number of hydrogen-bond donors (Lipinski definition) is 0. The minimum Gasteiger partial charge on any atom is -0.0870 e. The SMILES string of the molecule is C/C=C/c1cccc2cccc(I)c12. The van der Waals surface area contributed by atoms with E-state index in [1.807, 2.05) is 0 Å². The van der Waals surface area contributed by atoms with Gasteiger partial charge in [0.1, 0.15) is 0 Å². The standard InChI is InChI=1S/C13H11I/c1-2-5-10-6-3-7-11-8-4-9-12(14)13(10)11/h2-9H,1H3/b5-2+. The van der Waals surface area contributed by atoms with Gasteiger partial charge in [-0.2, -0.15) is 0 Å². The summed E-state index contributed by atoms with van der Waals surface area (Å²) in [6.07, 6.45) is 4.24. The van der Waals surface area contributed by atoms with Crippen molar-refractivity contribution in [2.45, 2.75) is 6.92 Å². The van der Waals surface area contributed by atoms with Gasteiger partial charge in [0.15, 0.2) is 0 Å². The van der Waals surface area contributed by atoms with Crippen LogP contribution in [0.2, 0.25) is 0 Å². The van der Waals surface area contributed by atoms with E-state index in [4.69, 9.17) is 0 Å². The van der Waals surface area contributed by atoms with E-state index >= 15 is 0 Å². The van der Waals surface area contributed by atoms with Crippen molar-refractivity contribution in [2.24, 2.45) is 0 Å². The Hall–Kier alpha value is -0.830. The third-order valence-electron chi connectivity index (χ3n) is 2.23. The van der Waals surface area contributed by atoms with Crippen molar-refractivity contribution in [3.8, 4) is 0 Å². The Kier molecular flexibility index (Phi) is 2.87. The Morgan fingerprint density at radius 1 is 1.07 bits per heavy atom. The zero-order chi connectivity index (χ0) is 9.97. The van der Waals surface area contributed by atoms with Crippen LogP contribution in [0.15, 0.2) is 42.5 Å². The highest BCUT2D eigenvalue weighted by molar-refractivity contribution is 14.1. The Morgan fingerprint density at radius 2 is 1.79 bits per heavy atom. The van der Waals surface area contributed by atoms with Crippen LogP contribution >= 0.6 is 22.6 Å². The summed E-state index contributed by atoms with van der Waals surface area (Å²) in [5.41, 5.74) is 1.30. The van der Waals surface area contributed by atoms with Crippen LogP contribution < -0.4 is 0 Å². The summed E-state index contributed by atoms with van der Waals surface area (Å²) in [4.78, 5) is 0. The molecule has 0 aromatic heterocycles. The molecule has 14 heavy (non-hydrogen) atoms. The molecule has 0 saturated carbocycles. The highest BCUT2D eigenvalue weighted by Crippen LogP contribution is 2.25. The predicted molar refractivity (Wildman–Crippen MR) is 71.4 cm³/mol. The molecule has 0 unspecified atom stereocenters. The van der Waals surface area contributed by atoms with Gasteiger partial charge in [-0.25, -0.2) is 0 Å². The van der Waals surface area contributed by atoms with Crippen LogP contribution in [0.25, 0.3) is 16.8 Å². The average Bonchev–Trinajstić information content (AvgIpc) is 2.19. The summed E-state index contributed by atoms with van der Waals surface area (Å²) in [6.45, 7) is 2.05. The molecule has 0 saturated heterocycles. The normalized spacial score (nSPS) is 11.3. The van der Waals surface area contributed by atoms with E-state index in [1.54, 1.807) is 0 Å². The summed E-state index contributed by atoms with van der Waals surface area (Å²) in [6, 6.07) is 12.8. The molecule has 0 aliphatic rings. The molecule has 0 bridgehead atoms. The minimum absolute atomic E-state index is 1.30. The molecule has 0 N–H and O–H groups in total. The van der Waals surface area contributed by atoms with Gasteiger partial charge in [-0.05, 0) is 46.5 Å². The quantitative estimate of drug-likeness (QED) is 0.680. The molecule has 0 heterocycles. The predicted octanol–water partition coefficient (Wildman–Crippen LogP) is 4.48. The molecule has 0 atom stereocenters. The molecule has 2 rings (SSSR count). The molecular formula is C13H11I. The van der Waals surface area contributed by atoms with Crippen molar-refractivity contribution >= 4 is 39.4 Å². The fourth-order valence-electron chi connectivity index (χ4n) is 1.64. The van der Waals surface area contributed by atoms with Gasteiger partial charge >= 0.3 is 0 Å². The lowest BCUT2D eigenvalue weighted by atomic mass is 10.0. The Balaban J connectivity index is 2.84. The number of halogens is 1. The molecule has 0 aliphatic heterocycles. The lowest BCUT2D eigenvalue weighted by Crippen LogP contribution is -1.81. The van der Waals surface area contributed by atoms with Crippen molar-refractivity contribution in [1.82, 2.24) is 0 Å². The first-order chi connectivity index (χ1) is 6.83. The van der Waals surface area contributed by atoms with Crippen molar-refractivity contribution in [1.29, 1.82) is 0 Å². The van der Waals surface area contributed by atoms with Gasteiger partial charge in [-0.1, -0.05) is 42.5 Å². The van der Waals surface area contributed by atoms with E-state index in [0.29, 0.717) is 0 Å². The van der Waals surface area contributed by atoms with Crippen LogP contribution in [0.4, 0.5) is 0 Å². The molecule has 1 heteroatoms. The summed E-state index contributed by atoms with van der Waals surface area (Å²) in [5.74, 6) is 0. The van der Waals surface area contributed by atoms with Crippen molar-refractivity contribution < 1.29 is 0 Å². The van der Waals surface area contributed by atoms with E-state index in [-0.39, 0.29) is 0 Å². The molecule has 0 fully saturated rings. The van der Waals surface area contributed by atoms with Crippen LogP contribution in [0.3, 0.4) is 0 Å². The van der Waals surface area contributed by atoms with Gasteiger partial charge in [-0.15, -0.1) is 0 Å². The fourth-order valence-corrected chi connectivity index (χ4v) is 2.47. The summed E-state index contributed by atoms with van der Waals surface area (Å²) in [7, 11) is 0. The van der Waals surface area contributed by atoms with Gasteiger partial charge < -0.3 is 0 Å². The molecule has 70 valence electrons. The van der Waals surface area contributed by atoms with E-state index in [9.17, 15) is 0 Å². The fraction of sp³-hybridized carbons (Fsp3) is 0.0769. The second-order valence-corrected chi connectivity index (χ2v) is 4.35. The van der Waals surface area contributed by atoms with Gasteiger partial charge in [0.2, 0.25) is 0 Å². The zero-order valence-electron chi connectivity index (χ0n) is 8.00. The molecular weight excluding hydrogens is 283 g/mol. The van der Waals surface area contributed by atoms with Crippen molar-refractivity contribution in [3.05, 3.63) is 51.6 Å². The maximum absolute atomic E-state index is 2.39. The number of allylic oxidation sites excluding steroid dienone is 1. The Bertz CT molecular complexity index is 478. The number of fused-ring (bicyclic) bond motifs is 1. The highest BCUT2D eigenvalue weighted by atomic mass is 127. The first-order valence-electron chi connectivity index (χ1n) is 4.63. The Morgan fingerprint density at radius 3 is 2.50 bits per heavy atom. The van der Waals surface area contributed by atoms with Crippen LogP contribution in [0.5, 0.6) is 0 Å². The second-order valence-electron chi connectivity index (χ2n) is 3.19. The van der Waals surface area contributed by atoms with Gasteiger partial charge in [0.05, 0.1) is 0 Å². The van der Waals surface area contributed by atoms with E-state index in [1.165, 1.54) is 19.9 Å². The molecule has 0 radical (unpaired) electrons. The minimum atomic E-state index is 1.30. The molecule has 0 spiro atoms. The molecule has 0 nitrogen and oxygen atoms in total. The lowest BCUT2D eigenvalue weighted by Gasteiger charge is -2.04. The number of benzene rings is 2. The first-order valence-corrected chi connectivity index (χ1v) is 5.71. The second kappa shape index (κ2) is 4.13. The third-order valence-corrected chi connectivity index (χ3v) is 3.13. The maximum Gasteiger partial charge on any atom is 0.0214 e. The largest absolute Gasteiger partial charge is 0.0870 e. The monoisotopic (exact) mass is 294 g/mol. The zero-order valence-corrected chi connectivity index (χ0v) is 10.2.